The summed E-state index contributed by atoms with van der Waals surface area (Å²) >= 11 is 0. The van der Waals surface area contributed by atoms with Crippen LogP contribution in [0.4, 0.5) is 0 Å². The van der Waals surface area contributed by atoms with Gasteiger partial charge < -0.3 is 16.4 Å². The van der Waals surface area contributed by atoms with Crippen LogP contribution in [0.2, 0.25) is 0 Å². The SMILES string of the molecule is NCC(C(=O)NCC(=O)NC1CC1)c1ccccc1. The number of carbonyl (C=O) groups excluding carboxylic acids is 2. The Morgan fingerprint density at radius 2 is 1.95 bits per heavy atom. The van der Waals surface area contributed by atoms with Crippen molar-refractivity contribution in [1.82, 2.24) is 10.6 Å². The highest BCUT2D eigenvalue weighted by molar-refractivity contribution is 5.88. The van der Waals surface area contributed by atoms with Gasteiger partial charge in [0.15, 0.2) is 0 Å². The molecule has 0 saturated heterocycles. The predicted octanol–water partition coefficient (Wildman–Crippen LogP) is 0.124. The molecule has 0 bridgehead atoms. The number of hydrogen-bond acceptors (Lipinski definition) is 3. The molecule has 5 nitrogen and oxygen atoms in total. The molecule has 19 heavy (non-hydrogen) atoms. The molecule has 4 N–H and O–H groups in total. The largest absolute Gasteiger partial charge is 0.352 e. The van der Waals surface area contributed by atoms with Crippen molar-refractivity contribution in [1.29, 1.82) is 0 Å². The van der Waals surface area contributed by atoms with Crippen molar-refractivity contribution in [2.75, 3.05) is 13.1 Å². The Morgan fingerprint density at radius 1 is 1.26 bits per heavy atom. The van der Waals surface area contributed by atoms with E-state index >= 15 is 0 Å². The van der Waals surface area contributed by atoms with Crippen molar-refractivity contribution >= 4 is 11.8 Å². The second kappa shape index (κ2) is 6.33. The number of nitrogens with two attached hydrogens (primary N) is 1. The second-order valence-electron chi connectivity index (χ2n) is 4.76. The fourth-order valence-electron chi connectivity index (χ4n) is 1.88. The highest BCUT2D eigenvalue weighted by Crippen LogP contribution is 2.18. The van der Waals surface area contributed by atoms with Crippen LogP contribution in [0.1, 0.15) is 24.3 Å². The number of nitrogens with one attached hydrogen (secondary N) is 2. The number of hydrogen-bond donors (Lipinski definition) is 3. The maximum absolute atomic E-state index is 12.0. The van der Waals surface area contributed by atoms with Gasteiger partial charge in [-0.3, -0.25) is 9.59 Å². The Morgan fingerprint density at radius 3 is 2.53 bits per heavy atom. The minimum Gasteiger partial charge on any atom is -0.352 e. The summed E-state index contributed by atoms with van der Waals surface area (Å²) in [5.41, 5.74) is 6.51. The molecule has 0 aliphatic heterocycles. The van der Waals surface area contributed by atoms with Gasteiger partial charge >= 0.3 is 0 Å². The van der Waals surface area contributed by atoms with Crippen molar-refractivity contribution in [3.63, 3.8) is 0 Å². The smallest absolute Gasteiger partial charge is 0.239 e. The molecule has 0 radical (unpaired) electrons. The first-order chi connectivity index (χ1) is 9.20. The van der Waals surface area contributed by atoms with Crippen molar-refractivity contribution < 1.29 is 9.59 Å². The zero-order valence-corrected chi connectivity index (χ0v) is 10.8. The third-order valence-electron chi connectivity index (χ3n) is 3.12. The maximum Gasteiger partial charge on any atom is 0.239 e. The topological polar surface area (TPSA) is 84.2 Å². The van der Waals surface area contributed by atoms with Crippen LogP contribution in [0.25, 0.3) is 0 Å². The highest BCUT2D eigenvalue weighted by Gasteiger charge is 2.24. The summed E-state index contributed by atoms with van der Waals surface area (Å²) < 4.78 is 0. The molecule has 1 aliphatic carbocycles. The number of benzene rings is 1. The van der Waals surface area contributed by atoms with Gasteiger partial charge in [-0.05, 0) is 18.4 Å². The summed E-state index contributed by atoms with van der Waals surface area (Å²) in [6.45, 7) is 0.235. The Balaban J connectivity index is 1.84. The summed E-state index contributed by atoms with van der Waals surface area (Å²) in [5.74, 6) is -0.755. The summed E-state index contributed by atoms with van der Waals surface area (Å²) in [6.07, 6.45) is 2.07. The lowest BCUT2D eigenvalue weighted by Crippen LogP contribution is -2.41. The first-order valence-electron chi connectivity index (χ1n) is 6.53. The molecule has 1 unspecified atom stereocenters. The van der Waals surface area contributed by atoms with Crippen LogP contribution in [-0.2, 0) is 9.59 Å². The molecule has 1 atom stereocenters. The van der Waals surface area contributed by atoms with Gasteiger partial charge in [0.05, 0.1) is 12.5 Å². The monoisotopic (exact) mass is 261 g/mol. The van der Waals surface area contributed by atoms with Crippen molar-refractivity contribution in [2.45, 2.75) is 24.8 Å². The van der Waals surface area contributed by atoms with Crippen LogP contribution in [-0.4, -0.2) is 30.9 Å². The average Bonchev–Trinajstić information content (AvgIpc) is 3.22. The number of rotatable bonds is 6. The van der Waals surface area contributed by atoms with Gasteiger partial charge in [0.25, 0.3) is 0 Å². The summed E-state index contributed by atoms with van der Waals surface area (Å²) in [5, 5.41) is 5.46. The molecule has 0 heterocycles. The normalized spacial score (nSPS) is 15.6. The Labute approximate surface area is 112 Å². The molecule has 1 aromatic carbocycles. The van der Waals surface area contributed by atoms with Gasteiger partial charge in [0.1, 0.15) is 0 Å². The van der Waals surface area contributed by atoms with Gasteiger partial charge in [-0.2, -0.15) is 0 Å². The van der Waals surface area contributed by atoms with Crippen LogP contribution in [0, 0.1) is 0 Å². The quantitative estimate of drug-likeness (QED) is 0.680. The molecule has 102 valence electrons. The highest BCUT2D eigenvalue weighted by atomic mass is 16.2. The van der Waals surface area contributed by atoms with E-state index in [1.165, 1.54) is 0 Å². The minimum atomic E-state index is -0.407. The van der Waals surface area contributed by atoms with E-state index in [-0.39, 0.29) is 24.9 Å². The van der Waals surface area contributed by atoms with Gasteiger partial charge in [-0.1, -0.05) is 30.3 Å². The van der Waals surface area contributed by atoms with Crippen LogP contribution in [0.5, 0.6) is 0 Å². The van der Waals surface area contributed by atoms with Gasteiger partial charge in [-0.25, -0.2) is 0 Å². The first kappa shape index (κ1) is 13.5. The van der Waals surface area contributed by atoms with E-state index < -0.39 is 5.92 Å². The number of carbonyl (C=O) groups is 2. The second-order valence-corrected chi connectivity index (χ2v) is 4.76. The molecule has 5 heteroatoms. The standard InChI is InChI=1S/C14H19N3O2/c15-8-12(10-4-2-1-3-5-10)14(19)16-9-13(18)17-11-6-7-11/h1-5,11-12H,6-9,15H2,(H,16,19)(H,17,18). The summed E-state index contributed by atoms with van der Waals surface area (Å²) in [4.78, 5) is 23.5. The lowest BCUT2D eigenvalue weighted by molar-refractivity contribution is -0.126. The molecule has 1 fully saturated rings. The fourth-order valence-corrected chi connectivity index (χ4v) is 1.88. The third kappa shape index (κ3) is 4.06. The first-order valence-corrected chi connectivity index (χ1v) is 6.53. The summed E-state index contributed by atoms with van der Waals surface area (Å²) in [7, 11) is 0. The van der Waals surface area contributed by atoms with Crippen LogP contribution >= 0.6 is 0 Å². The zero-order valence-electron chi connectivity index (χ0n) is 10.8. The zero-order chi connectivity index (χ0) is 13.7. The minimum absolute atomic E-state index is 0.0126. The van der Waals surface area contributed by atoms with Crippen molar-refractivity contribution in [3.8, 4) is 0 Å². The summed E-state index contributed by atoms with van der Waals surface area (Å²) in [6, 6.07) is 9.65. The molecule has 1 aliphatic rings. The Hall–Kier alpha value is -1.88. The van der Waals surface area contributed by atoms with E-state index in [1.54, 1.807) is 0 Å². The molecule has 2 amide bonds. The third-order valence-corrected chi connectivity index (χ3v) is 3.12. The molecular formula is C14H19N3O2. The average molecular weight is 261 g/mol. The van der Waals surface area contributed by atoms with E-state index in [9.17, 15) is 9.59 Å². The van der Waals surface area contributed by atoms with E-state index in [1.807, 2.05) is 30.3 Å². The predicted molar refractivity (Wildman–Crippen MR) is 72.4 cm³/mol. The molecule has 0 aromatic heterocycles. The molecule has 2 rings (SSSR count). The van der Waals surface area contributed by atoms with E-state index in [2.05, 4.69) is 10.6 Å². The Kier molecular flexibility index (Phi) is 4.52. The Bertz CT molecular complexity index is 443. The lowest BCUT2D eigenvalue weighted by atomic mass is 9.98. The molecule has 0 spiro atoms. The molecule has 1 saturated carbocycles. The maximum atomic E-state index is 12.0. The van der Waals surface area contributed by atoms with E-state index in [0.29, 0.717) is 6.04 Å². The van der Waals surface area contributed by atoms with E-state index in [4.69, 9.17) is 5.73 Å². The lowest BCUT2D eigenvalue weighted by Gasteiger charge is -2.15. The van der Waals surface area contributed by atoms with Crippen molar-refractivity contribution in [3.05, 3.63) is 35.9 Å². The van der Waals surface area contributed by atoms with Crippen molar-refractivity contribution in [2.24, 2.45) is 5.73 Å². The van der Waals surface area contributed by atoms with Gasteiger partial charge in [-0.15, -0.1) is 0 Å². The number of amides is 2. The fraction of sp³-hybridized carbons (Fsp3) is 0.429. The van der Waals surface area contributed by atoms with Gasteiger partial charge in [0, 0.05) is 12.6 Å². The van der Waals surface area contributed by atoms with E-state index in [0.717, 1.165) is 18.4 Å². The van der Waals surface area contributed by atoms with Crippen LogP contribution in [0.3, 0.4) is 0 Å². The van der Waals surface area contributed by atoms with Gasteiger partial charge in [0.2, 0.25) is 11.8 Å². The molecular weight excluding hydrogens is 242 g/mol. The molecule has 1 aromatic rings. The van der Waals surface area contributed by atoms with Crippen LogP contribution in [0.15, 0.2) is 30.3 Å². The van der Waals surface area contributed by atoms with Crippen LogP contribution < -0.4 is 16.4 Å².